The first-order valence-electron chi connectivity index (χ1n) is 15.0. The van der Waals surface area contributed by atoms with Gasteiger partial charge in [0.1, 0.15) is 13.2 Å². The maximum Gasteiger partial charge on any atom is 0.331 e. The number of carbonyl (C=O) groups is 6. The topological polar surface area (TPSA) is 195 Å². The van der Waals surface area contributed by atoms with Gasteiger partial charge in [-0.25, -0.2) is 19.2 Å². The minimum Gasteiger partial charge on any atom is -0.478 e. The quantitative estimate of drug-likeness (QED) is 0.0494. The summed E-state index contributed by atoms with van der Waals surface area (Å²) in [6, 6.07) is 0. The number of hydrogen-bond acceptors (Lipinski definition) is 12. The molecule has 0 aromatic rings. The molecule has 250 valence electrons. The molecule has 0 fully saturated rings. The second-order valence-corrected chi connectivity index (χ2v) is 9.69. The third-order valence-corrected chi connectivity index (χ3v) is 5.91. The van der Waals surface area contributed by atoms with E-state index in [4.69, 9.17) is 29.2 Å². The highest BCUT2D eigenvalue weighted by Gasteiger charge is 2.08. The van der Waals surface area contributed by atoms with Gasteiger partial charge in [-0.05, 0) is 51.5 Å². The van der Waals surface area contributed by atoms with E-state index in [1.807, 2.05) is 0 Å². The fourth-order valence-corrected chi connectivity index (χ4v) is 3.57. The molecular formula is C30H48N2O12. The molecule has 0 aliphatic heterocycles. The predicted octanol–water partition coefficient (Wildman–Crippen LogP) is 2.25. The molecular weight excluding hydrogens is 580 g/mol. The Hall–Kier alpha value is -3.78. The van der Waals surface area contributed by atoms with Crippen LogP contribution < -0.4 is 5.32 Å². The summed E-state index contributed by atoms with van der Waals surface area (Å²) in [5.41, 5.74) is 0. The lowest BCUT2D eigenvalue weighted by Crippen LogP contribution is -2.36. The first-order chi connectivity index (χ1) is 21.1. The molecule has 44 heavy (non-hydrogen) atoms. The van der Waals surface area contributed by atoms with Crippen molar-refractivity contribution >= 4 is 35.8 Å². The summed E-state index contributed by atoms with van der Waals surface area (Å²) < 4.78 is 20.3. The van der Waals surface area contributed by atoms with Gasteiger partial charge in [0.25, 0.3) is 0 Å². The molecule has 0 saturated heterocycles. The van der Waals surface area contributed by atoms with Gasteiger partial charge < -0.3 is 34.5 Å². The maximum atomic E-state index is 12.0. The van der Waals surface area contributed by atoms with Crippen molar-refractivity contribution in [3.8, 4) is 0 Å². The fourth-order valence-electron chi connectivity index (χ4n) is 3.57. The van der Waals surface area contributed by atoms with Crippen molar-refractivity contribution in [3.63, 3.8) is 0 Å². The van der Waals surface area contributed by atoms with Gasteiger partial charge in [0.05, 0.1) is 13.2 Å². The van der Waals surface area contributed by atoms with E-state index < -0.39 is 23.9 Å². The van der Waals surface area contributed by atoms with E-state index in [1.165, 1.54) is 0 Å². The lowest BCUT2D eigenvalue weighted by atomic mass is 10.2. The van der Waals surface area contributed by atoms with E-state index in [9.17, 15) is 28.8 Å². The van der Waals surface area contributed by atoms with Crippen molar-refractivity contribution in [3.05, 3.63) is 24.3 Å². The zero-order valence-corrected chi connectivity index (χ0v) is 25.7. The number of hydrogen-bond donors (Lipinski definition) is 3. The van der Waals surface area contributed by atoms with Gasteiger partial charge in [-0.3, -0.25) is 14.5 Å². The number of aliphatic carboxylic acids is 2. The first-order valence-corrected chi connectivity index (χ1v) is 15.0. The highest BCUT2D eigenvalue weighted by atomic mass is 16.5. The third-order valence-electron chi connectivity index (χ3n) is 5.91. The Bertz CT molecular complexity index is 920. The molecule has 0 aromatic heterocycles. The standard InChI is InChI=1S/C30H48N2O12/c1-2-3-18-32(20-24-44-28(38)11-7-5-9-22-42-30(40)15-13-26(35)36)19-16-31-17-23-43-27(37)10-6-4-8-21-41-29(39)14-12-25(33)34/h12-15,31H,2-11,16-24H2,1H3,(H,33,34)(H,35,36)/b14-12+,15-13+. The third kappa shape index (κ3) is 28.3. The van der Waals surface area contributed by atoms with Gasteiger partial charge in [0.2, 0.25) is 0 Å². The molecule has 0 unspecified atom stereocenters. The highest BCUT2D eigenvalue weighted by Crippen LogP contribution is 2.04. The van der Waals surface area contributed by atoms with Crippen molar-refractivity contribution in [2.45, 2.75) is 71.1 Å². The SMILES string of the molecule is CCCCN(CCNCCOC(=O)CCCCCOC(=O)/C=C/C(=O)O)CCOC(=O)CCCCCOC(=O)/C=C/C(=O)O. The molecule has 0 bridgehead atoms. The van der Waals surface area contributed by atoms with Gasteiger partial charge in [-0.1, -0.05) is 13.3 Å². The number of esters is 4. The van der Waals surface area contributed by atoms with Crippen LogP contribution in [0.25, 0.3) is 0 Å². The lowest BCUT2D eigenvalue weighted by molar-refractivity contribution is -0.145. The van der Waals surface area contributed by atoms with Crippen LogP contribution in [0.1, 0.15) is 71.1 Å². The van der Waals surface area contributed by atoms with E-state index in [2.05, 4.69) is 17.1 Å². The Labute approximate surface area is 258 Å². The van der Waals surface area contributed by atoms with Gasteiger partial charge >= 0.3 is 35.8 Å². The molecule has 3 N–H and O–H groups in total. The highest BCUT2D eigenvalue weighted by molar-refractivity contribution is 5.91. The number of carboxylic acids is 2. The number of carbonyl (C=O) groups excluding carboxylic acids is 4. The molecule has 0 aliphatic rings. The zero-order chi connectivity index (χ0) is 32.8. The first kappa shape index (κ1) is 40.2. The summed E-state index contributed by atoms with van der Waals surface area (Å²) in [4.78, 5) is 69.2. The average Bonchev–Trinajstić information content (AvgIpc) is 2.98. The monoisotopic (exact) mass is 628 g/mol. The number of nitrogens with zero attached hydrogens (tertiary/aromatic N) is 1. The van der Waals surface area contributed by atoms with Crippen LogP contribution in [0, 0.1) is 0 Å². The van der Waals surface area contributed by atoms with E-state index in [1.54, 1.807) is 0 Å². The summed E-state index contributed by atoms with van der Waals surface area (Å²) in [5, 5.41) is 20.1. The number of carboxylic acid groups (broad SMARTS) is 2. The van der Waals surface area contributed by atoms with Gasteiger partial charge in [0, 0.05) is 63.3 Å². The lowest BCUT2D eigenvalue weighted by Gasteiger charge is -2.22. The molecule has 0 spiro atoms. The second kappa shape index (κ2) is 28.0. The van der Waals surface area contributed by atoms with Gasteiger partial charge in [-0.2, -0.15) is 0 Å². The zero-order valence-electron chi connectivity index (χ0n) is 25.7. The van der Waals surface area contributed by atoms with Crippen LogP contribution in [0.5, 0.6) is 0 Å². The van der Waals surface area contributed by atoms with Crippen LogP contribution in [-0.4, -0.2) is 110 Å². The normalized spacial score (nSPS) is 11.1. The molecule has 14 nitrogen and oxygen atoms in total. The van der Waals surface area contributed by atoms with Crippen molar-refractivity contribution in [2.24, 2.45) is 0 Å². The van der Waals surface area contributed by atoms with Crippen molar-refractivity contribution in [2.75, 3.05) is 59.2 Å². The average molecular weight is 629 g/mol. The smallest absolute Gasteiger partial charge is 0.331 e. The summed E-state index contributed by atoms with van der Waals surface area (Å²) in [6.45, 7) is 6.40. The van der Waals surface area contributed by atoms with Crippen LogP contribution in [0.3, 0.4) is 0 Å². The predicted molar refractivity (Wildman–Crippen MR) is 159 cm³/mol. The van der Waals surface area contributed by atoms with E-state index in [-0.39, 0.29) is 51.2 Å². The second-order valence-electron chi connectivity index (χ2n) is 9.69. The van der Waals surface area contributed by atoms with Crippen molar-refractivity contribution in [1.29, 1.82) is 0 Å². The maximum absolute atomic E-state index is 12.0. The Kier molecular flexibility index (Phi) is 25.6. The minimum absolute atomic E-state index is 0.153. The number of rotatable bonds is 28. The Morgan fingerprint density at radius 1 is 0.568 bits per heavy atom. The Morgan fingerprint density at radius 2 is 1.09 bits per heavy atom. The number of unbranched alkanes of at least 4 members (excludes halogenated alkanes) is 5. The van der Waals surface area contributed by atoms with Crippen molar-refractivity contribution < 1.29 is 57.9 Å². The molecule has 14 heteroatoms. The molecule has 0 radical (unpaired) electrons. The number of nitrogens with one attached hydrogen (secondary N) is 1. The Balaban J connectivity index is 3.86. The summed E-state index contributed by atoms with van der Waals surface area (Å²) in [6.07, 6.45) is 9.38. The van der Waals surface area contributed by atoms with E-state index in [0.29, 0.717) is 70.3 Å². The van der Waals surface area contributed by atoms with Crippen LogP contribution in [0.2, 0.25) is 0 Å². The molecule has 0 aromatic carbocycles. The largest absolute Gasteiger partial charge is 0.478 e. The van der Waals surface area contributed by atoms with Crippen LogP contribution >= 0.6 is 0 Å². The minimum atomic E-state index is -1.22. The van der Waals surface area contributed by atoms with Crippen molar-refractivity contribution in [1.82, 2.24) is 10.2 Å². The molecule has 0 saturated carbocycles. The van der Waals surface area contributed by atoms with Crippen LogP contribution in [-0.2, 0) is 47.7 Å². The van der Waals surface area contributed by atoms with Crippen LogP contribution in [0.4, 0.5) is 0 Å². The van der Waals surface area contributed by atoms with E-state index >= 15 is 0 Å². The van der Waals surface area contributed by atoms with Gasteiger partial charge in [0.15, 0.2) is 0 Å². The summed E-state index contributed by atoms with van der Waals surface area (Å²) in [7, 11) is 0. The fraction of sp³-hybridized carbons (Fsp3) is 0.667. The molecule has 0 heterocycles. The number of ether oxygens (including phenoxy) is 4. The van der Waals surface area contributed by atoms with Gasteiger partial charge in [-0.15, -0.1) is 0 Å². The van der Waals surface area contributed by atoms with E-state index in [0.717, 1.165) is 38.1 Å². The molecule has 0 aliphatic carbocycles. The molecule has 0 rings (SSSR count). The molecule has 0 amide bonds. The summed E-state index contributed by atoms with van der Waals surface area (Å²) in [5.74, 6) is -4.46. The Morgan fingerprint density at radius 3 is 1.59 bits per heavy atom. The van der Waals surface area contributed by atoms with Crippen LogP contribution in [0.15, 0.2) is 24.3 Å². The molecule has 0 atom stereocenters. The summed E-state index contributed by atoms with van der Waals surface area (Å²) >= 11 is 0.